The Morgan fingerprint density at radius 1 is 0.951 bits per heavy atom. The molecule has 5 aliphatic rings. The quantitative estimate of drug-likeness (QED) is 0.481. The molecular weight excluding hydrogens is 530 g/mol. The number of ether oxygens (including phenoxy) is 1. The molecule has 3 fully saturated rings. The summed E-state index contributed by atoms with van der Waals surface area (Å²) in [5, 5.41) is 13.0. The number of piperidine rings is 1. The Balaban J connectivity index is 1.44. The molecule has 10 heteroatoms. The molecule has 1 N–H and O–H groups in total. The number of hydrogen-bond acceptors (Lipinski definition) is 6. The van der Waals surface area contributed by atoms with Crippen LogP contribution < -0.4 is 15.3 Å². The molecule has 1 aromatic heterocycles. The monoisotopic (exact) mass is 560 g/mol. The summed E-state index contributed by atoms with van der Waals surface area (Å²) in [6.07, 6.45) is 5.96. The molecule has 5 heterocycles. The van der Waals surface area contributed by atoms with Gasteiger partial charge in [-0.05, 0) is 48.8 Å². The minimum Gasteiger partial charge on any atom is -0.502 e. The van der Waals surface area contributed by atoms with Gasteiger partial charge >= 0.3 is 0 Å². The number of morpholine rings is 1. The van der Waals surface area contributed by atoms with Crippen molar-refractivity contribution < 1.29 is 23.4 Å². The number of pyridine rings is 1. The van der Waals surface area contributed by atoms with Crippen LogP contribution in [0.1, 0.15) is 71.4 Å². The second-order valence-corrected chi connectivity index (χ2v) is 12.0. The number of anilines is 1. The van der Waals surface area contributed by atoms with Gasteiger partial charge in [-0.25, -0.2) is 8.78 Å². The van der Waals surface area contributed by atoms with Gasteiger partial charge in [-0.15, -0.1) is 0 Å². The van der Waals surface area contributed by atoms with E-state index < -0.39 is 47.0 Å². The first-order chi connectivity index (χ1) is 19.9. The van der Waals surface area contributed by atoms with Crippen LogP contribution in [0.5, 0.6) is 5.75 Å². The van der Waals surface area contributed by atoms with Crippen molar-refractivity contribution in [3.05, 3.63) is 92.9 Å². The summed E-state index contributed by atoms with van der Waals surface area (Å²) in [6, 6.07) is 10.7. The summed E-state index contributed by atoms with van der Waals surface area (Å²) in [5.41, 5.74) is 1.91. The lowest BCUT2D eigenvalue weighted by atomic mass is 9.62. The second kappa shape index (κ2) is 8.79. The first kappa shape index (κ1) is 24.8. The highest BCUT2D eigenvalue weighted by Crippen LogP contribution is 2.54. The van der Waals surface area contributed by atoms with Crippen LogP contribution in [-0.4, -0.2) is 53.1 Å². The van der Waals surface area contributed by atoms with Crippen molar-refractivity contribution >= 4 is 11.6 Å². The smallest absolute Gasteiger partial charge is 0.278 e. The van der Waals surface area contributed by atoms with Crippen molar-refractivity contribution in [1.29, 1.82) is 0 Å². The van der Waals surface area contributed by atoms with Crippen molar-refractivity contribution in [3.8, 4) is 5.75 Å². The molecule has 0 radical (unpaired) electrons. The molecule has 0 bridgehead atoms. The van der Waals surface area contributed by atoms with E-state index in [9.17, 15) is 19.1 Å². The topological polar surface area (TPSA) is 78.2 Å². The lowest BCUT2D eigenvalue weighted by molar-refractivity contribution is -0.0165. The van der Waals surface area contributed by atoms with E-state index in [-0.39, 0.29) is 23.3 Å². The van der Waals surface area contributed by atoms with Crippen molar-refractivity contribution in [2.45, 2.75) is 50.4 Å². The number of aromatic hydroxyl groups is 1. The summed E-state index contributed by atoms with van der Waals surface area (Å²) in [4.78, 5) is 30.3. The molecule has 1 spiro atoms. The third-order valence-electron chi connectivity index (χ3n) is 10.1. The predicted octanol–water partition coefficient (Wildman–Crippen LogP) is 4.20. The number of carbonyl (C=O) groups is 1. The minimum atomic E-state index is -0.929. The van der Waals surface area contributed by atoms with Gasteiger partial charge in [0.05, 0.1) is 19.3 Å². The van der Waals surface area contributed by atoms with Gasteiger partial charge in [0.25, 0.3) is 5.91 Å². The average molecular weight is 561 g/mol. The van der Waals surface area contributed by atoms with E-state index >= 15 is 4.39 Å². The maximum Gasteiger partial charge on any atom is 0.278 e. The molecule has 8 rings (SSSR count). The zero-order valence-electron chi connectivity index (χ0n) is 22.4. The maximum absolute atomic E-state index is 16.0. The zero-order valence-corrected chi connectivity index (χ0v) is 22.4. The van der Waals surface area contributed by atoms with E-state index in [1.54, 1.807) is 15.6 Å². The maximum atomic E-state index is 16.0. The Bertz CT molecular complexity index is 1650. The van der Waals surface area contributed by atoms with Gasteiger partial charge in [-0.2, -0.15) is 0 Å². The van der Waals surface area contributed by atoms with Crippen LogP contribution in [0.4, 0.5) is 14.5 Å². The van der Waals surface area contributed by atoms with E-state index in [1.165, 1.54) is 12.3 Å². The van der Waals surface area contributed by atoms with Crippen LogP contribution in [0.25, 0.3) is 0 Å². The Morgan fingerprint density at radius 2 is 1.78 bits per heavy atom. The molecule has 2 saturated heterocycles. The molecule has 3 aromatic rings. The highest BCUT2D eigenvalue weighted by atomic mass is 19.2. The molecule has 2 aromatic carbocycles. The fourth-order valence-corrected chi connectivity index (χ4v) is 7.92. The van der Waals surface area contributed by atoms with E-state index in [1.807, 2.05) is 29.3 Å². The summed E-state index contributed by atoms with van der Waals surface area (Å²) in [6.45, 7) is 1.65. The number of carbonyl (C=O) groups excluding carboxylic acids is 1. The Morgan fingerprint density at radius 3 is 2.59 bits per heavy atom. The van der Waals surface area contributed by atoms with E-state index in [0.717, 1.165) is 43.0 Å². The number of para-hydroxylation sites is 1. The van der Waals surface area contributed by atoms with Gasteiger partial charge in [-0.3, -0.25) is 19.3 Å². The second-order valence-electron chi connectivity index (χ2n) is 12.0. The van der Waals surface area contributed by atoms with Crippen molar-refractivity contribution in [2.24, 2.45) is 5.41 Å². The summed E-state index contributed by atoms with van der Waals surface area (Å²) < 4.78 is 38.3. The lowest BCUT2D eigenvalue weighted by Crippen LogP contribution is -2.66. The number of amides is 1. The van der Waals surface area contributed by atoms with Gasteiger partial charge < -0.3 is 19.6 Å². The van der Waals surface area contributed by atoms with Crippen LogP contribution in [0.15, 0.2) is 53.5 Å². The van der Waals surface area contributed by atoms with Gasteiger partial charge in [0.1, 0.15) is 12.2 Å². The first-order valence-corrected chi connectivity index (χ1v) is 14.3. The molecule has 4 aliphatic heterocycles. The summed E-state index contributed by atoms with van der Waals surface area (Å²) in [5.74, 6) is -2.84. The largest absolute Gasteiger partial charge is 0.502 e. The standard InChI is InChI=1S/C31H30F2N4O4/c32-20-7-6-19-25(26(20)33)22-17-41-15-14-34(22)21-5-2-1-4-18(21)27(19)37-24-16-31(9-3-10-31)11-13-35(24)30(40)28-29(39)23(38)8-12-36(28)37/h1-2,4-8,12,22,24,27,39H,3,9-11,13-17H2/t22?,24-,27-/m1/s1. The molecule has 41 heavy (non-hydrogen) atoms. The molecule has 212 valence electrons. The number of hydrogen-bond donors (Lipinski definition) is 1. The number of rotatable bonds is 1. The fourth-order valence-electron chi connectivity index (χ4n) is 7.92. The summed E-state index contributed by atoms with van der Waals surface area (Å²) >= 11 is 0. The third kappa shape index (κ3) is 3.40. The molecule has 1 unspecified atom stereocenters. The van der Waals surface area contributed by atoms with Crippen LogP contribution >= 0.6 is 0 Å². The third-order valence-corrected chi connectivity index (χ3v) is 10.1. The average Bonchev–Trinajstić information content (AvgIpc) is 3.09. The van der Waals surface area contributed by atoms with E-state index in [4.69, 9.17) is 4.74 Å². The number of benzene rings is 2. The highest BCUT2D eigenvalue weighted by Gasteiger charge is 2.53. The molecule has 8 nitrogen and oxygen atoms in total. The van der Waals surface area contributed by atoms with Crippen LogP contribution in [0, 0.1) is 17.0 Å². The van der Waals surface area contributed by atoms with Crippen LogP contribution in [0.3, 0.4) is 0 Å². The Labute approximate surface area is 235 Å². The Hall–Kier alpha value is -3.92. The number of fused-ring (bicyclic) bond motifs is 7. The SMILES string of the molecule is O=C1c2c(O)c(=O)ccn2N([C@@H]2c3ccccc3N3CCOCC3c3c2ccc(F)c3F)[C@@H]2CC3(CCC3)CCN12. The van der Waals surface area contributed by atoms with Gasteiger partial charge in [-0.1, -0.05) is 30.7 Å². The van der Waals surface area contributed by atoms with Gasteiger partial charge in [0.15, 0.2) is 23.1 Å². The van der Waals surface area contributed by atoms with E-state index in [0.29, 0.717) is 31.7 Å². The molecule has 3 atom stereocenters. The normalized spacial score (nSPS) is 25.9. The van der Waals surface area contributed by atoms with Gasteiger partial charge in [0, 0.05) is 42.2 Å². The lowest BCUT2D eigenvalue weighted by Gasteiger charge is -2.58. The highest BCUT2D eigenvalue weighted by molar-refractivity contribution is 5.96. The number of halogens is 2. The number of aromatic nitrogens is 1. The predicted molar refractivity (Wildman–Crippen MR) is 146 cm³/mol. The first-order valence-electron chi connectivity index (χ1n) is 14.3. The number of nitrogens with zero attached hydrogens (tertiary/aromatic N) is 4. The molecule has 1 aliphatic carbocycles. The van der Waals surface area contributed by atoms with Crippen molar-refractivity contribution in [2.75, 3.05) is 36.2 Å². The van der Waals surface area contributed by atoms with E-state index in [2.05, 4.69) is 4.90 Å². The Kier molecular flexibility index (Phi) is 5.32. The molecule has 1 saturated carbocycles. The van der Waals surface area contributed by atoms with Crippen molar-refractivity contribution in [3.63, 3.8) is 0 Å². The van der Waals surface area contributed by atoms with Crippen LogP contribution in [-0.2, 0) is 4.74 Å². The fraction of sp³-hybridized carbons (Fsp3) is 0.419. The molecular formula is C31H30F2N4O4. The zero-order chi connectivity index (χ0) is 28.0. The molecule has 1 amide bonds. The summed E-state index contributed by atoms with van der Waals surface area (Å²) in [7, 11) is 0. The van der Waals surface area contributed by atoms with Crippen LogP contribution in [0.2, 0.25) is 0 Å². The van der Waals surface area contributed by atoms with Crippen molar-refractivity contribution in [1.82, 2.24) is 9.58 Å². The minimum absolute atomic E-state index is 0.102. The van der Waals surface area contributed by atoms with Gasteiger partial charge in [0.2, 0.25) is 5.43 Å².